The molecule has 0 radical (unpaired) electrons. The van der Waals surface area contributed by atoms with Crippen molar-refractivity contribution in [1.29, 1.82) is 0 Å². The zero-order chi connectivity index (χ0) is 20.3. The molecule has 146 valence electrons. The predicted octanol–water partition coefficient (Wildman–Crippen LogP) is 2.77. The van der Waals surface area contributed by atoms with Crippen molar-refractivity contribution < 1.29 is 22.3 Å². The Morgan fingerprint density at radius 3 is 2.21 bits per heavy atom. The summed E-state index contributed by atoms with van der Waals surface area (Å²) >= 11 is -2.55. The van der Waals surface area contributed by atoms with Crippen LogP contribution in [0, 0.1) is 0 Å². The van der Waals surface area contributed by atoms with E-state index in [2.05, 4.69) is 0 Å². The lowest BCUT2D eigenvalue weighted by atomic mass is 10.0. The number of anilines is 2. The number of primary sulfonamides is 1. The van der Waals surface area contributed by atoms with E-state index in [0.29, 0.717) is 5.69 Å². The molecule has 3 aromatic rings. The summed E-state index contributed by atoms with van der Waals surface area (Å²) < 4.78 is 46.8. The van der Waals surface area contributed by atoms with Crippen LogP contribution < -0.4 is 9.44 Å². The second-order valence-electron chi connectivity index (χ2n) is 5.95. The number of hydrogen-bond acceptors (Lipinski definition) is 4. The zero-order valence-electron chi connectivity index (χ0n) is 14.6. The van der Waals surface area contributed by atoms with Crippen molar-refractivity contribution in [3.63, 3.8) is 0 Å². The predicted molar refractivity (Wildman–Crippen MR) is 109 cm³/mol. The molecule has 1 atom stereocenters. The van der Waals surface area contributed by atoms with Crippen LogP contribution in [0.2, 0.25) is 0 Å². The molecular weight excluding hydrogens is 400 g/mol. The highest BCUT2D eigenvalue weighted by atomic mass is 32.2. The smallest absolute Gasteiger partial charge is 0.266 e. The van der Waals surface area contributed by atoms with Gasteiger partial charge in [-0.05, 0) is 47.0 Å². The lowest BCUT2D eigenvalue weighted by molar-refractivity contribution is 0.282. The number of sulfonamides is 1. The van der Waals surface area contributed by atoms with Crippen molar-refractivity contribution >= 4 is 32.7 Å². The molecular formula is C19H18N2O5S2. The topological polar surface area (TPSA) is 121 Å². The highest BCUT2D eigenvalue weighted by molar-refractivity contribution is 7.89. The number of rotatable bonds is 6. The van der Waals surface area contributed by atoms with Gasteiger partial charge in [0.1, 0.15) is 4.90 Å². The van der Waals surface area contributed by atoms with Gasteiger partial charge >= 0.3 is 0 Å². The quantitative estimate of drug-likeness (QED) is 0.532. The van der Waals surface area contributed by atoms with Crippen LogP contribution in [-0.2, 0) is 27.9 Å². The SMILES string of the molecule is NS(=O)(=O)c1ccccc1N(c1cccc(-c2cccc(CO)c2)c1)S(=O)O. The van der Waals surface area contributed by atoms with Crippen LogP contribution in [-0.4, -0.2) is 22.3 Å². The lowest BCUT2D eigenvalue weighted by Gasteiger charge is -2.22. The molecule has 0 amide bonds. The third-order valence-corrected chi connectivity index (χ3v) is 5.75. The minimum Gasteiger partial charge on any atom is -0.392 e. The minimum atomic E-state index is -4.11. The highest BCUT2D eigenvalue weighted by Crippen LogP contribution is 2.34. The van der Waals surface area contributed by atoms with Gasteiger partial charge in [0.05, 0.1) is 18.0 Å². The fraction of sp³-hybridized carbons (Fsp3) is 0.0526. The van der Waals surface area contributed by atoms with Crippen LogP contribution in [0.4, 0.5) is 11.4 Å². The molecule has 0 spiro atoms. The van der Waals surface area contributed by atoms with E-state index in [-0.39, 0.29) is 17.2 Å². The van der Waals surface area contributed by atoms with E-state index in [0.717, 1.165) is 21.0 Å². The zero-order valence-corrected chi connectivity index (χ0v) is 16.2. The van der Waals surface area contributed by atoms with Gasteiger partial charge in [-0.3, -0.25) is 4.55 Å². The Hall–Kier alpha value is -2.56. The Bertz CT molecular complexity index is 1130. The van der Waals surface area contributed by atoms with E-state index in [1.54, 1.807) is 42.5 Å². The highest BCUT2D eigenvalue weighted by Gasteiger charge is 2.23. The molecule has 3 aromatic carbocycles. The maximum atomic E-state index is 12.1. The van der Waals surface area contributed by atoms with Crippen LogP contribution in [0.25, 0.3) is 11.1 Å². The Kier molecular flexibility index (Phi) is 5.92. The average molecular weight is 418 g/mol. The standard InChI is InChI=1S/C19H18N2O5S2/c20-28(25,26)19-10-2-1-9-18(19)21(27(23)24)17-8-4-7-16(12-17)15-6-3-5-14(11-15)13-22/h1-12,22H,13H2,(H,23,24)(H2,20,25,26). The second-order valence-corrected chi connectivity index (χ2v) is 8.30. The normalized spacial score (nSPS) is 12.5. The molecule has 0 aliphatic carbocycles. The molecule has 28 heavy (non-hydrogen) atoms. The van der Waals surface area contributed by atoms with Crippen LogP contribution in [0.5, 0.6) is 0 Å². The number of aliphatic hydroxyl groups excluding tert-OH is 1. The molecule has 4 N–H and O–H groups in total. The van der Waals surface area contributed by atoms with E-state index in [9.17, 15) is 22.3 Å². The first-order chi connectivity index (χ1) is 13.3. The fourth-order valence-corrected chi connectivity index (χ4v) is 4.24. The molecule has 7 nitrogen and oxygen atoms in total. The summed E-state index contributed by atoms with van der Waals surface area (Å²) in [4.78, 5) is -0.259. The Morgan fingerprint density at radius 1 is 0.929 bits per heavy atom. The van der Waals surface area contributed by atoms with Crippen molar-refractivity contribution in [2.45, 2.75) is 11.5 Å². The van der Waals surface area contributed by atoms with E-state index < -0.39 is 21.3 Å². The molecule has 9 heteroatoms. The summed E-state index contributed by atoms with van der Waals surface area (Å²) in [5.41, 5.74) is 2.56. The third kappa shape index (κ3) is 4.29. The summed E-state index contributed by atoms with van der Waals surface area (Å²) in [6.45, 7) is -0.109. The summed E-state index contributed by atoms with van der Waals surface area (Å²) in [6, 6.07) is 19.7. The van der Waals surface area contributed by atoms with Gasteiger partial charge in [-0.15, -0.1) is 0 Å². The molecule has 0 saturated carbocycles. The van der Waals surface area contributed by atoms with Gasteiger partial charge in [0.15, 0.2) is 0 Å². The van der Waals surface area contributed by atoms with E-state index >= 15 is 0 Å². The van der Waals surface area contributed by atoms with Crippen molar-refractivity contribution in [2.24, 2.45) is 5.14 Å². The van der Waals surface area contributed by atoms with Gasteiger partial charge < -0.3 is 5.11 Å². The van der Waals surface area contributed by atoms with Crippen molar-refractivity contribution in [3.8, 4) is 11.1 Å². The number of benzene rings is 3. The molecule has 3 rings (SSSR count). The largest absolute Gasteiger partial charge is 0.392 e. The Balaban J connectivity index is 2.14. The van der Waals surface area contributed by atoms with E-state index in [1.807, 2.05) is 12.1 Å². The number of nitrogens with zero attached hydrogens (tertiary/aromatic N) is 1. The molecule has 0 heterocycles. The van der Waals surface area contributed by atoms with E-state index in [4.69, 9.17) is 5.14 Å². The summed E-state index contributed by atoms with van der Waals surface area (Å²) in [7, 11) is -4.11. The first-order valence-electron chi connectivity index (χ1n) is 8.14. The first kappa shape index (κ1) is 20.2. The molecule has 1 unspecified atom stereocenters. The van der Waals surface area contributed by atoms with Gasteiger partial charge in [-0.1, -0.05) is 42.5 Å². The van der Waals surface area contributed by atoms with Gasteiger partial charge in [-0.2, -0.15) is 0 Å². The second kappa shape index (κ2) is 8.21. The molecule has 0 saturated heterocycles. The summed E-state index contributed by atoms with van der Waals surface area (Å²) in [5, 5.41) is 14.6. The minimum absolute atomic E-state index is 0.00732. The maximum Gasteiger partial charge on any atom is 0.266 e. The Labute approximate surface area is 165 Å². The van der Waals surface area contributed by atoms with Crippen LogP contribution >= 0.6 is 0 Å². The monoisotopic (exact) mass is 418 g/mol. The molecule has 0 aliphatic rings. The summed E-state index contributed by atoms with van der Waals surface area (Å²) in [6.07, 6.45) is 0. The first-order valence-corrected chi connectivity index (χ1v) is 10.8. The molecule has 0 bridgehead atoms. The lowest BCUT2D eigenvalue weighted by Crippen LogP contribution is -2.23. The molecule has 0 aromatic heterocycles. The van der Waals surface area contributed by atoms with Gasteiger partial charge in [0, 0.05) is 0 Å². The number of para-hydroxylation sites is 1. The number of nitrogens with two attached hydrogens (primary N) is 1. The number of hydrogen-bond donors (Lipinski definition) is 3. The van der Waals surface area contributed by atoms with Crippen molar-refractivity contribution in [1.82, 2.24) is 0 Å². The fourth-order valence-electron chi connectivity index (χ4n) is 2.84. The summed E-state index contributed by atoms with van der Waals surface area (Å²) in [5.74, 6) is 0. The van der Waals surface area contributed by atoms with Gasteiger partial charge in [0.25, 0.3) is 11.3 Å². The van der Waals surface area contributed by atoms with Crippen LogP contribution in [0.1, 0.15) is 5.56 Å². The number of aliphatic hydroxyl groups is 1. The van der Waals surface area contributed by atoms with Crippen molar-refractivity contribution in [2.75, 3.05) is 4.31 Å². The molecule has 0 fully saturated rings. The van der Waals surface area contributed by atoms with E-state index in [1.165, 1.54) is 18.2 Å². The maximum absolute atomic E-state index is 12.1. The Morgan fingerprint density at radius 2 is 1.57 bits per heavy atom. The van der Waals surface area contributed by atoms with Gasteiger partial charge in [-0.25, -0.2) is 22.1 Å². The van der Waals surface area contributed by atoms with Crippen LogP contribution in [0.3, 0.4) is 0 Å². The third-order valence-electron chi connectivity index (χ3n) is 4.07. The molecule has 0 aliphatic heterocycles. The van der Waals surface area contributed by atoms with Gasteiger partial charge in [0.2, 0.25) is 10.0 Å². The van der Waals surface area contributed by atoms with Crippen molar-refractivity contribution in [3.05, 3.63) is 78.4 Å². The average Bonchev–Trinajstić information content (AvgIpc) is 2.68. The van der Waals surface area contributed by atoms with Crippen LogP contribution in [0.15, 0.2) is 77.7 Å².